The van der Waals surface area contributed by atoms with E-state index in [1.807, 2.05) is 63.2 Å². The van der Waals surface area contributed by atoms with E-state index in [1.54, 1.807) is 68.6 Å². The Balaban J connectivity index is 1.20. The van der Waals surface area contributed by atoms with Crippen molar-refractivity contribution in [2.45, 2.75) is 26.2 Å². The average Bonchev–Trinajstić information content (AvgIpc) is 3.18. The number of methoxy groups -OCH3 is 3. The lowest BCUT2D eigenvalue weighted by Gasteiger charge is -2.45. The number of anilines is 4. The number of quaternary nitrogens is 1. The van der Waals surface area contributed by atoms with E-state index in [0.29, 0.717) is 59.8 Å². The maximum Gasteiger partial charge on any atom is 0.323 e. The molecule has 13 nitrogen and oxygen atoms in total. The average molecular weight is 781 g/mol. The lowest BCUT2D eigenvalue weighted by Crippen LogP contribution is -2.51. The number of nitrogens with one attached hydrogen (secondary N) is 4. The summed E-state index contributed by atoms with van der Waals surface area (Å²) in [7, 11) is 4.64. The largest absolute Gasteiger partial charge is 0.633 e. The summed E-state index contributed by atoms with van der Waals surface area (Å²) in [6, 6.07) is 23.2. The third-order valence-electron chi connectivity index (χ3n) is 9.46. The van der Waals surface area contributed by atoms with Crippen molar-refractivity contribution < 1.29 is 33.2 Å². The summed E-state index contributed by atoms with van der Waals surface area (Å²) in [6.45, 7) is 7.66. The Kier molecular flexibility index (Phi) is 12.4. The number of thioether (sulfide) groups is 1. The van der Waals surface area contributed by atoms with Gasteiger partial charge in [-0.2, -0.15) is 11.8 Å². The second-order valence-electron chi connectivity index (χ2n) is 14.4. The molecule has 2 heterocycles. The highest BCUT2D eigenvalue weighted by atomic mass is 32.2. The Bertz CT molecular complexity index is 2180. The van der Waals surface area contributed by atoms with Crippen LogP contribution in [-0.4, -0.2) is 80.6 Å². The van der Waals surface area contributed by atoms with Gasteiger partial charge in [0, 0.05) is 58.4 Å². The molecule has 294 valence electrons. The van der Waals surface area contributed by atoms with Crippen molar-refractivity contribution in [3.8, 4) is 28.7 Å². The first-order valence-corrected chi connectivity index (χ1v) is 19.4. The fourth-order valence-corrected chi connectivity index (χ4v) is 7.48. The lowest BCUT2D eigenvalue weighted by atomic mass is 9.85. The van der Waals surface area contributed by atoms with Crippen molar-refractivity contribution >= 4 is 57.4 Å². The van der Waals surface area contributed by atoms with Crippen molar-refractivity contribution in [1.29, 1.82) is 0 Å². The molecule has 1 aliphatic heterocycles. The summed E-state index contributed by atoms with van der Waals surface area (Å²) in [6.07, 6.45) is 1.65. The number of carbonyl (C=O) groups excluding carboxylic acids is 2. The molecule has 0 aliphatic carbocycles. The van der Waals surface area contributed by atoms with Gasteiger partial charge < -0.3 is 50.1 Å². The zero-order chi connectivity index (χ0) is 39.9. The molecule has 56 heavy (non-hydrogen) atoms. The summed E-state index contributed by atoms with van der Waals surface area (Å²) < 4.78 is 22.6. The third-order valence-corrected chi connectivity index (χ3v) is 10.4. The highest BCUT2D eigenvalue weighted by molar-refractivity contribution is 7.99. The molecular weight excluding hydrogens is 733 g/mol. The molecule has 0 saturated carbocycles. The van der Waals surface area contributed by atoms with Crippen molar-refractivity contribution in [2.24, 2.45) is 0 Å². The maximum atomic E-state index is 13.7. The molecule has 3 amide bonds. The number of fused-ring (bicyclic) bond motifs is 1. The molecule has 0 atom stereocenters. The number of hydroxylamine groups is 3. The number of nitrogens with zero attached hydrogens (tertiary/aromatic N) is 2. The van der Waals surface area contributed by atoms with Gasteiger partial charge in [0.25, 0.3) is 5.91 Å². The molecule has 1 aliphatic rings. The summed E-state index contributed by atoms with van der Waals surface area (Å²) in [5.74, 6) is 4.42. The van der Waals surface area contributed by atoms with Crippen molar-refractivity contribution in [3.05, 3.63) is 101 Å². The number of hydrogen-bond donors (Lipinski definition) is 4. The van der Waals surface area contributed by atoms with E-state index < -0.39 is 6.03 Å². The van der Waals surface area contributed by atoms with Gasteiger partial charge in [0.2, 0.25) is 0 Å². The van der Waals surface area contributed by atoms with E-state index in [4.69, 9.17) is 18.9 Å². The van der Waals surface area contributed by atoms with Crippen LogP contribution in [0.2, 0.25) is 0 Å². The quantitative estimate of drug-likeness (QED) is 0.0675. The van der Waals surface area contributed by atoms with Crippen molar-refractivity contribution in [2.75, 3.05) is 75.0 Å². The molecule has 14 heteroatoms. The molecule has 1 fully saturated rings. The zero-order valence-corrected chi connectivity index (χ0v) is 33.3. The van der Waals surface area contributed by atoms with Crippen LogP contribution < -0.4 is 40.2 Å². The van der Waals surface area contributed by atoms with Crippen LogP contribution in [0.15, 0.2) is 85.1 Å². The Hall–Kier alpha value is -5.70. The van der Waals surface area contributed by atoms with E-state index in [-0.39, 0.29) is 33.8 Å². The fraction of sp³-hybridized carbons (Fsp3) is 0.310. The zero-order valence-electron chi connectivity index (χ0n) is 32.5. The van der Waals surface area contributed by atoms with E-state index in [9.17, 15) is 14.8 Å². The highest BCUT2D eigenvalue weighted by Crippen LogP contribution is 2.38. The Labute approximate surface area is 331 Å². The van der Waals surface area contributed by atoms with Gasteiger partial charge in [-0.1, -0.05) is 45.0 Å². The summed E-state index contributed by atoms with van der Waals surface area (Å²) in [5.41, 5.74) is 2.35. The van der Waals surface area contributed by atoms with Crippen LogP contribution in [-0.2, 0) is 5.41 Å². The predicted molar refractivity (Wildman–Crippen MR) is 223 cm³/mol. The predicted octanol–water partition coefficient (Wildman–Crippen LogP) is 8.53. The van der Waals surface area contributed by atoms with Gasteiger partial charge in [0.1, 0.15) is 28.8 Å². The summed E-state index contributed by atoms with van der Waals surface area (Å²) in [4.78, 5) is 31.7. The Morgan fingerprint density at radius 3 is 2.20 bits per heavy atom. The van der Waals surface area contributed by atoms with Gasteiger partial charge in [-0.05, 0) is 41.3 Å². The molecule has 4 N–H and O–H groups in total. The van der Waals surface area contributed by atoms with Crippen LogP contribution in [0.1, 0.15) is 36.7 Å². The number of ether oxygens (including phenoxy) is 4. The van der Waals surface area contributed by atoms with Gasteiger partial charge in [0.15, 0.2) is 5.75 Å². The minimum atomic E-state index is -0.528. The van der Waals surface area contributed by atoms with E-state index in [1.165, 1.54) is 7.11 Å². The number of carbonyl (C=O) groups is 2. The van der Waals surface area contributed by atoms with Gasteiger partial charge in [0.05, 0.1) is 64.4 Å². The Morgan fingerprint density at radius 1 is 0.821 bits per heavy atom. The van der Waals surface area contributed by atoms with Crippen LogP contribution in [0.3, 0.4) is 0 Å². The monoisotopic (exact) mass is 780 g/mol. The number of rotatable bonds is 13. The van der Waals surface area contributed by atoms with Crippen LogP contribution in [0.4, 0.5) is 27.7 Å². The first-order chi connectivity index (χ1) is 26.9. The molecule has 5 aromatic rings. The van der Waals surface area contributed by atoms with Crippen LogP contribution in [0.5, 0.6) is 28.7 Å². The first kappa shape index (κ1) is 40.0. The normalized spacial score (nSPS) is 13.7. The molecule has 0 unspecified atom stereocenters. The third kappa shape index (κ3) is 9.75. The molecule has 1 aromatic heterocycles. The lowest BCUT2D eigenvalue weighted by molar-refractivity contribution is -0.875. The first-order valence-electron chi connectivity index (χ1n) is 18.3. The minimum Gasteiger partial charge on any atom is -0.633 e. The topological polar surface area (TPSA) is 155 Å². The van der Waals surface area contributed by atoms with Gasteiger partial charge >= 0.3 is 6.03 Å². The second kappa shape index (κ2) is 17.4. The highest BCUT2D eigenvalue weighted by Gasteiger charge is 2.26. The maximum absolute atomic E-state index is 13.7. The SMILES string of the molecule is COc1cc(Nc2cc(Oc3ccc(NC(=O)Nc4cc(C(C)(C)C)cc(C(=O)NCC[N+]5([O-])CCSCC5)c4OC)c4ccccc34)ccn2)cc(OC)c1. The number of amides is 3. The second-order valence-corrected chi connectivity index (χ2v) is 15.6. The summed E-state index contributed by atoms with van der Waals surface area (Å²) >= 11 is 1.78. The molecule has 0 bridgehead atoms. The number of benzene rings is 4. The number of pyridine rings is 1. The van der Waals surface area contributed by atoms with Gasteiger partial charge in [-0.25, -0.2) is 9.78 Å². The van der Waals surface area contributed by atoms with Crippen molar-refractivity contribution in [1.82, 2.24) is 10.3 Å². The number of urea groups is 1. The minimum absolute atomic E-state index is 0.219. The standard InChI is InChI=1S/C42H48N6O7S/c1-42(2,3)27-21-34(40(49)44-15-16-48(51)17-19-56-20-18-48)39(54-6)36(22-27)47-41(50)46-35-11-12-37(33-10-8-7-9-32(33)35)55-29-13-14-43-38(26-29)45-28-23-30(52-4)25-31(24-28)53-5/h7-14,21-26H,15-20H2,1-6H3,(H,43,45)(H,44,49)(H2,46,47,50). The smallest absolute Gasteiger partial charge is 0.323 e. The molecule has 0 spiro atoms. The number of hydrogen-bond acceptors (Lipinski definition) is 10. The van der Waals surface area contributed by atoms with Gasteiger partial charge in [-0.15, -0.1) is 0 Å². The van der Waals surface area contributed by atoms with Crippen molar-refractivity contribution in [3.63, 3.8) is 0 Å². The molecule has 1 saturated heterocycles. The Morgan fingerprint density at radius 2 is 1.52 bits per heavy atom. The fourth-order valence-electron chi connectivity index (χ4n) is 6.35. The van der Waals surface area contributed by atoms with Crippen LogP contribution >= 0.6 is 11.8 Å². The number of aromatic nitrogens is 1. The molecule has 4 aromatic carbocycles. The van der Waals surface area contributed by atoms with Crippen LogP contribution in [0.25, 0.3) is 10.8 Å². The van der Waals surface area contributed by atoms with E-state index >= 15 is 0 Å². The molecular formula is C42H48N6O7S. The molecule has 0 radical (unpaired) electrons. The van der Waals surface area contributed by atoms with E-state index in [0.717, 1.165) is 33.5 Å². The van der Waals surface area contributed by atoms with Crippen LogP contribution in [0, 0.1) is 5.21 Å². The van der Waals surface area contributed by atoms with Gasteiger partial charge in [-0.3, -0.25) is 4.79 Å². The summed E-state index contributed by atoms with van der Waals surface area (Å²) in [5, 5.41) is 26.6. The van der Waals surface area contributed by atoms with E-state index in [2.05, 4.69) is 26.3 Å². The molecule has 6 rings (SSSR count).